The third kappa shape index (κ3) is 10.9. The highest BCUT2D eigenvalue weighted by Crippen LogP contribution is 2.42. The molecule has 3 unspecified atom stereocenters. The maximum absolute atomic E-state index is 11.1. The molecule has 0 aliphatic heterocycles. The number of hydrogen-bond acceptors (Lipinski definition) is 4. The van der Waals surface area contributed by atoms with Crippen LogP contribution in [0.4, 0.5) is 0 Å². The van der Waals surface area contributed by atoms with Crippen molar-refractivity contribution in [2.75, 3.05) is 0 Å². The molecule has 1 N–H and O–H groups in total. The van der Waals surface area contributed by atoms with E-state index in [1.165, 1.54) is 0 Å². The maximum Gasteiger partial charge on any atom is 0.328 e. The Morgan fingerprint density at radius 1 is 0.812 bits per heavy atom. The second kappa shape index (κ2) is 15.6. The van der Waals surface area contributed by atoms with E-state index in [1.54, 1.807) is 6.08 Å². The van der Waals surface area contributed by atoms with E-state index < -0.39 is 5.97 Å². The first-order valence-corrected chi connectivity index (χ1v) is 12.4. The van der Waals surface area contributed by atoms with Crippen LogP contribution in [-0.4, -0.2) is 29.4 Å². The Morgan fingerprint density at radius 2 is 1.22 bits per heavy atom. The Hall–Kier alpha value is -2.17. The van der Waals surface area contributed by atoms with E-state index in [9.17, 15) is 4.79 Å². The van der Waals surface area contributed by atoms with Gasteiger partial charge in [0.15, 0.2) is 11.5 Å². The van der Waals surface area contributed by atoms with Gasteiger partial charge in [0, 0.05) is 6.08 Å². The molecule has 0 spiro atoms. The lowest BCUT2D eigenvalue weighted by Crippen LogP contribution is -2.18. The van der Waals surface area contributed by atoms with Crippen LogP contribution in [0.3, 0.4) is 0 Å². The summed E-state index contributed by atoms with van der Waals surface area (Å²) in [5.74, 6) is 0.855. The highest BCUT2D eigenvalue weighted by molar-refractivity contribution is 5.85. The smallest absolute Gasteiger partial charge is 0.328 e. The average molecular weight is 449 g/mol. The summed E-state index contributed by atoms with van der Waals surface area (Å²) >= 11 is 0. The summed E-state index contributed by atoms with van der Waals surface area (Å²) in [6.45, 7) is 12.7. The Kier molecular flexibility index (Phi) is 13.6. The maximum atomic E-state index is 11.1. The van der Waals surface area contributed by atoms with Crippen molar-refractivity contribution in [1.29, 1.82) is 0 Å². The summed E-state index contributed by atoms with van der Waals surface area (Å²) in [6, 6.07) is 3.71. The average Bonchev–Trinajstić information content (AvgIpc) is 2.75. The number of carbonyl (C=O) groups is 1. The molecule has 1 aromatic rings. The van der Waals surface area contributed by atoms with Gasteiger partial charge < -0.3 is 19.3 Å². The van der Waals surface area contributed by atoms with Gasteiger partial charge in [-0.1, -0.05) is 59.3 Å². The second-order valence-electron chi connectivity index (χ2n) is 8.73. The molecule has 0 saturated carbocycles. The number of carboxylic acid groups (broad SMARTS) is 1. The van der Waals surface area contributed by atoms with Gasteiger partial charge in [-0.3, -0.25) is 0 Å². The van der Waals surface area contributed by atoms with Crippen molar-refractivity contribution >= 4 is 12.0 Å². The van der Waals surface area contributed by atoms with Crippen molar-refractivity contribution in [2.45, 2.75) is 118 Å². The van der Waals surface area contributed by atoms with E-state index in [1.807, 2.05) is 12.1 Å². The molecule has 0 fully saturated rings. The first-order chi connectivity index (χ1) is 15.3. The van der Waals surface area contributed by atoms with Gasteiger partial charge in [-0.15, -0.1) is 0 Å². The summed E-state index contributed by atoms with van der Waals surface area (Å²) in [5, 5.41) is 9.08. The van der Waals surface area contributed by atoms with Crippen molar-refractivity contribution in [3.8, 4) is 17.2 Å². The lowest BCUT2D eigenvalue weighted by atomic mass is 10.1. The second-order valence-corrected chi connectivity index (χ2v) is 8.73. The van der Waals surface area contributed by atoms with E-state index in [2.05, 4.69) is 41.5 Å². The van der Waals surface area contributed by atoms with Gasteiger partial charge in [0.2, 0.25) is 5.75 Å². The number of unbranched alkanes of at least 4 members (excludes halogenated alkanes) is 3. The minimum Gasteiger partial charge on any atom is -0.487 e. The first-order valence-electron chi connectivity index (χ1n) is 12.4. The molecule has 1 aromatic carbocycles. The van der Waals surface area contributed by atoms with Crippen LogP contribution in [0.1, 0.15) is 105 Å². The number of ether oxygens (including phenoxy) is 3. The minimum absolute atomic E-state index is 0.0207. The zero-order valence-corrected chi connectivity index (χ0v) is 21.0. The quantitative estimate of drug-likeness (QED) is 0.248. The number of benzene rings is 1. The molecule has 0 saturated heterocycles. The standard InChI is InChI=1S/C27H44O5/c1-7-10-13-20(4)30-24-18-23(16-17-26(28)29)19-25(31-21(5)14-11-8-2)27(24)32-22(6)15-12-9-3/h16-22H,7-15H2,1-6H3,(H,28,29). The van der Waals surface area contributed by atoms with Crippen LogP contribution >= 0.6 is 0 Å². The van der Waals surface area contributed by atoms with E-state index in [-0.39, 0.29) is 18.3 Å². The molecule has 0 aliphatic rings. The third-order valence-electron chi connectivity index (χ3n) is 5.33. The molecule has 0 amide bonds. The van der Waals surface area contributed by atoms with Crippen LogP contribution in [-0.2, 0) is 4.79 Å². The summed E-state index contributed by atoms with van der Waals surface area (Å²) in [6.07, 6.45) is 12.2. The van der Waals surface area contributed by atoms with Gasteiger partial charge in [-0.05, 0) is 63.8 Å². The lowest BCUT2D eigenvalue weighted by Gasteiger charge is -2.25. The number of hydrogen-bond donors (Lipinski definition) is 1. The van der Waals surface area contributed by atoms with Gasteiger partial charge in [0.05, 0.1) is 18.3 Å². The topological polar surface area (TPSA) is 65.0 Å². The van der Waals surface area contributed by atoms with Crippen molar-refractivity contribution in [3.63, 3.8) is 0 Å². The Bertz CT molecular complexity index is 660. The third-order valence-corrected chi connectivity index (χ3v) is 5.33. The molecule has 182 valence electrons. The van der Waals surface area contributed by atoms with E-state index in [0.29, 0.717) is 17.2 Å². The van der Waals surface area contributed by atoms with Crippen molar-refractivity contribution in [3.05, 3.63) is 23.8 Å². The van der Waals surface area contributed by atoms with Gasteiger partial charge >= 0.3 is 5.97 Å². The van der Waals surface area contributed by atoms with Gasteiger partial charge in [0.1, 0.15) is 0 Å². The Morgan fingerprint density at radius 3 is 1.59 bits per heavy atom. The predicted octanol–water partition coefficient (Wildman–Crippen LogP) is 7.66. The van der Waals surface area contributed by atoms with Crippen LogP contribution in [0, 0.1) is 0 Å². The normalized spacial score (nSPS) is 14.2. The largest absolute Gasteiger partial charge is 0.487 e. The molecule has 1 rings (SSSR count). The molecular formula is C27H44O5. The SMILES string of the molecule is CCCCC(C)Oc1cc(C=CC(=O)O)cc(OC(C)CCCC)c1OC(C)CCCC. The molecule has 5 heteroatoms. The zero-order chi connectivity index (χ0) is 23.9. The van der Waals surface area contributed by atoms with Gasteiger partial charge in [-0.25, -0.2) is 4.79 Å². The molecule has 0 aromatic heterocycles. The highest BCUT2D eigenvalue weighted by Gasteiger charge is 2.21. The van der Waals surface area contributed by atoms with Crippen LogP contribution < -0.4 is 14.2 Å². The highest BCUT2D eigenvalue weighted by atomic mass is 16.6. The molecule has 0 heterocycles. The molecule has 5 nitrogen and oxygen atoms in total. The van der Waals surface area contributed by atoms with E-state index in [0.717, 1.165) is 69.4 Å². The van der Waals surface area contributed by atoms with Crippen LogP contribution in [0.5, 0.6) is 17.2 Å². The van der Waals surface area contributed by atoms with Gasteiger partial charge in [-0.2, -0.15) is 0 Å². The molecule has 32 heavy (non-hydrogen) atoms. The van der Waals surface area contributed by atoms with E-state index in [4.69, 9.17) is 19.3 Å². The van der Waals surface area contributed by atoms with Gasteiger partial charge in [0.25, 0.3) is 0 Å². The van der Waals surface area contributed by atoms with Crippen molar-refractivity contribution < 1.29 is 24.1 Å². The summed E-state index contributed by atoms with van der Waals surface area (Å²) in [5.41, 5.74) is 0.719. The number of rotatable bonds is 17. The summed E-state index contributed by atoms with van der Waals surface area (Å²) in [7, 11) is 0. The number of carboxylic acids is 1. The summed E-state index contributed by atoms with van der Waals surface area (Å²) < 4.78 is 19.0. The minimum atomic E-state index is -0.990. The fourth-order valence-electron chi connectivity index (χ4n) is 3.44. The zero-order valence-electron chi connectivity index (χ0n) is 21.0. The predicted molar refractivity (Wildman–Crippen MR) is 132 cm³/mol. The lowest BCUT2D eigenvalue weighted by molar-refractivity contribution is -0.131. The molecule has 3 atom stereocenters. The van der Waals surface area contributed by atoms with Crippen LogP contribution in [0.15, 0.2) is 18.2 Å². The monoisotopic (exact) mass is 448 g/mol. The van der Waals surface area contributed by atoms with Crippen LogP contribution in [0.2, 0.25) is 0 Å². The Balaban J connectivity index is 3.36. The fourth-order valence-corrected chi connectivity index (χ4v) is 3.44. The summed E-state index contributed by atoms with van der Waals surface area (Å²) in [4.78, 5) is 11.1. The molecule has 0 radical (unpaired) electrons. The molecule has 0 aliphatic carbocycles. The van der Waals surface area contributed by atoms with E-state index >= 15 is 0 Å². The fraction of sp³-hybridized carbons (Fsp3) is 0.667. The molecular weight excluding hydrogens is 404 g/mol. The van der Waals surface area contributed by atoms with Crippen molar-refractivity contribution in [2.24, 2.45) is 0 Å². The Labute approximate surface area is 195 Å². The van der Waals surface area contributed by atoms with Crippen molar-refractivity contribution in [1.82, 2.24) is 0 Å². The number of aliphatic carboxylic acids is 1. The molecule has 0 bridgehead atoms. The first kappa shape index (κ1) is 27.9. The van der Waals surface area contributed by atoms with Crippen LogP contribution in [0.25, 0.3) is 6.08 Å².